The molecule has 0 nitrogen and oxygen atoms in total. The van der Waals surface area contributed by atoms with Crippen LogP contribution in [0.4, 0.5) is 0 Å². The van der Waals surface area contributed by atoms with Crippen molar-refractivity contribution in [3.63, 3.8) is 0 Å². The van der Waals surface area contributed by atoms with E-state index in [2.05, 4.69) is 25.6 Å². The summed E-state index contributed by atoms with van der Waals surface area (Å²) in [7, 11) is 0. The average molecular weight is 115 g/mol. The van der Waals surface area contributed by atoms with Gasteiger partial charge in [-0.2, -0.15) is 0 Å². The van der Waals surface area contributed by atoms with Crippen LogP contribution >= 0.6 is 12.2 Å². The quantitative estimate of drug-likeness (QED) is 0.400. The van der Waals surface area contributed by atoms with Crippen LogP contribution in [0.5, 0.6) is 0 Å². The minimum Gasteiger partial charge on any atom is -0.0935 e. The summed E-state index contributed by atoms with van der Waals surface area (Å²) in [6, 6.07) is 0. The van der Waals surface area contributed by atoms with Gasteiger partial charge in [-0.1, -0.05) is 25.6 Å². The number of hydrogen-bond acceptors (Lipinski definition) is 1. The smallest absolute Gasteiger partial charge is 0.0210 e. The molecular formula is C6H11S. The highest BCUT2D eigenvalue weighted by atomic mass is 32.1. The molecule has 0 saturated carbocycles. The van der Waals surface area contributed by atoms with Crippen molar-refractivity contribution in [2.45, 2.75) is 26.2 Å². The lowest BCUT2D eigenvalue weighted by Crippen LogP contribution is -1.73. The predicted molar refractivity (Wildman–Crippen MR) is 37.5 cm³/mol. The first kappa shape index (κ1) is 7.09. The third-order valence-corrected chi connectivity index (χ3v) is 1.01. The lowest BCUT2D eigenvalue weighted by Gasteiger charge is -1.86. The van der Waals surface area contributed by atoms with E-state index >= 15 is 0 Å². The summed E-state index contributed by atoms with van der Waals surface area (Å²) in [4.78, 5) is 0. The van der Waals surface area contributed by atoms with Crippen LogP contribution in [0, 0.1) is 6.42 Å². The zero-order valence-corrected chi connectivity index (χ0v) is 5.50. The highest BCUT2D eigenvalue weighted by Gasteiger charge is 1.78. The van der Waals surface area contributed by atoms with Gasteiger partial charge in [0.2, 0.25) is 0 Å². The monoisotopic (exact) mass is 115 g/mol. The molecule has 1 heteroatoms. The molecule has 0 aromatic rings. The highest BCUT2D eigenvalue weighted by Crippen LogP contribution is 1.93. The Labute approximate surface area is 50.9 Å². The molecule has 0 aromatic carbocycles. The second-order valence-corrected chi connectivity index (χ2v) is 1.77. The van der Waals surface area contributed by atoms with Crippen molar-refractivity contribution in [2.24, 2.45) is 0 Å². The Hall–Kier alpha value is 0.0900. The lowest BCUT2D eigenvalue weighted by molar-refractivity contribution is 0.935. The van der Waals surface area contributed by atoms with Gasteiger partial charge in [-0.15, -0.1) is 0 Å². The molecule has 0 N–H and O–H groups in total. The van der Waals surface area contributed by atoms with E-state index in [-0.39, 0.29) is 0 Å². The normalized spacial score (nSPS) is 8.71. The Balaban J connectivity index is 2.56. The van der Waals surface area contributed by atoms with Gasteiger partial charge in [0.05, 0.1) is 0 Å². The molecule has 41 valence electrons. The Kier molecular flexibility index (Phi) is 6.17. The predicted octanol–water partition coefficient (Wildman–Crippen LogP) is 2.38. The largest absolute Gasteiger partial charge is 0.0935 e. The second-order valence-electron chi connectivity index (χ2n) is 1.44. The molecule has 0 aromatic heterocycles. The molecule has 0 aliphatic rings. The SMILES string of the molecule is CC[CH]CCC=S. The van der Waals surface area contributed by atoms with Crippen LogP contribution in [0.2, 0.25) is 0 Å². The van der Waals surface area contributed by atoms with Crippen LogP contribution in [-0.2, 0) is 0 Å². The summed E-state index contributed by atoms with van der Waals surface area (Å²) in [5.74, 6) is 0. The van der Waals surface area contributed by atoms with E-state index in [1.165, 1.54) is 6.42 Å². The Bertz CT molecular complexity index is 41.4. The number of thiocarbonyl (C=S) groups is 1. The van der Waals surface area contributed by atoms with Crippen LogP contribution in [0.15, 0.2) is 0 Å². The molecule has 0 aliphatic carbocycles. The molecule has 0 spiro atoms. The summed E-state index contributed by atoms with van der Waals surface area (Å²) < 4.78 is 0. The zero-order valence-electron chi connectivity index (χ0n) is 4.68. The van der Waals surface area contributed by atoms with E-state index in [4.69, 9.17) is 0 Å². The first-order valence-corrected chi connectivity index (χ1v) is 3.14. The number of hydrogen-bond donors (Lipinski definition) is 0. The Morgan fingerprint density at radius 1 is 1.43 bits per heavy atom. The van der Waals surface area contributed by atoms with Crippen molar-refractivity contribution in [3.05, 3.63) is 6.42 Å². The van der Waals surface area contributed by atoms with Gasteiger partial charge in [-0.25, -0.2) is 0 Å². The van der Waals surface area contributed by atoms with Crippen LogP contribution in [0.25, 0.3) is 0 Å². The molecule has 1 radical (unpaired) electrons. The summed E-state index contributed by atoms with van der Waals surface area (Å²) in [5.41, 5.74) is 0. The van der Waals surface area contributed by atoms with Gasteiger partial charge in [0.1, 0.15) is 0 Å². The molecule has 0 atom stereocenters. The van der Waals surface area contributed by atoms with Gasteiger partial charge < -0.3 is 0 Å². The van der Waals surface area contributed by atoms with Crippen LogP contribution < -0.4 is 0 Å². The maximum absolute atomic E-state index is 4.62. The van der Waals surface area contributed by atoms with Crippen molar-refractivity contribution in [3.8, 4) is 0 Å². The molecule has 0 bridgehead atoms. The molecule has 0 amide bonds. The summed E-state index contributed by atoms with van der Waals surface area (Å²) in [6.45, 7) is 2.14. The fraction of sp³-hybridized carbons (Fsp3) is 0.667. The van der Waals surface area contributed by atoms with Crippen molar-refractivity contribution in [1.82, 2.24) is 0 Å². The van der Waals surface area contributed by atoms with E-state index in [1.807, 2.05) is 0 Å². The van der Waals surface area contributed by atoms with E-state index in [9.17, 15) is 0 Å². The summed E-state index contributed by atoms with van der Waals surface area (Å²) >= 11 is 4.62. The third-order valence-electron chi connectivity index (χ3n) is 0.777. The molecule has 0 fully saturated rings. The first-order valence-electron chi connectivity index (χ1n) is 2.67. The summed E-state index contributed by atoms with van der Waals surface area (Å²) in [6.07, 6.45) is 5.62. The minimum absolute atomic E-state index is 1.06. The Morgan fingerprint density at radius 3 is 2.57 bits per heavy atom. The van der Waals surface area contributed by atoms with E-state index in [0.717, 1.165) is 12.8 Å². The van der Waals surface area contributed by atoms with Crippen LogP contribution in [0.1, 0.15) is 26.2 Å². The maximum atomic E-state index is 4.62. The van der Waals surface area contributed by atoms with E-state index in [0.29, 0.717) is 0 Å². The molecule has 7 heavy (non-hydrogen) atoms. The van der Waals surface area contributed by atoms with Crippen molar-refractivity contribution < 1.29 is 0 Å². The van der Waals surface area contributed by atoms with Crippen molar-refractivity contribution >= 4 is 17.6 Å². The number of rotatable bonds is 4. The van der Waals surface area contributed by atoms with Gasteiger partial charge in [-0.3, -0.25) is 0 Å². The molecule has 0 unspecified atom stereocenters. The van der Waals surface area contributed by atoms with Crippen molar-refractivity contribution in [1.29, 1.82) is 0 Å². The first-order chi connectivity index (χ1) is 3.41. The van der Waals surface area contributed by atoms with Gasteiger partial charge in [0.25, 0.3) is 0 Å². The van der Waals surface area contributed by atoms with E-state index < -0.39 is 0 Å². The minimum atomic E-state index is 1.06. The standard InChI is InChI=1S/C6H11S/c1-2-3-4-5-6-7/h3,6H,2,4-5H2,1H3. The van der Waals surface area contributed by atoms with Gasteiger partial charge in [-0.05, 0) is 24.6 Å². The fourth-order valence-electron chi connectivity index (χ4n) is 0.390. The molecule has 0 rings (SSSR count). The van der Waals surface area contributed by atoms with Gasteiger partial charge >= 0.3 is 0 Å². The molecular weight excluding hydrogens is 104 g/mol. The average Bonchev–Trinajstić information content (AvgIpc) is 1.69. The Morgan fingerprint density at radius 2 is 2.14 bits per heavy atom. The molecule has 0 saturated heterocycles. The maximum Gasteiger partial charge on any atom is -0.0210 e. The van der Waals surface area contributed by atoms with Gasteiger partial charge in [0.15, 0.2) is 0 Å². The highest BCUT2D eigenvalue weighted by molar-refractivity contribution is 7.78. The number of unbranched alkanes of at least 4 members (excludes halogenated alkanes) is 3. The fourth-order valence-corrected chi connectivity index (χ4v) is 0.526. The molecule has 0 heterocycles. The van der Waals surface area contributed by atoms with Crippen LogP contribution in [0.3, 0.4) is 0 Å². The zero-order chi connectivity index (χ0) is 5.54. The van der Waals surface area contributed by atoms with Crippen molar-refractivity contribution in [2.75, 3.05) is 0 Å². The van der Waals surface area contributed by atoms with Crippen LogP contribution in [-0.4, -0.2) is 5.37 Å². The second kappa shape index (κ2) is 6.09. The topological polar surface area (TPSA) is 0 Å². The van der Waals surface area contributed by atoms with Gasteiger partial charge in [0, 0.05) is 0 Å². The molecule has 0 aliphatic heterocycles. The van der Waals surface area contributed by atoms with E-state index in [1.54, 1.807) is 5.37 Å². The third kappa shape index (κ3) is 6.09. The lowest BCUT2D eigenvalue weighted by atomic mass is 10.2. The summed E-state index contributed by atoms with van der Waals surface area (Å²) in [5, 5.41) is 1.78.